The lowest BCUT2D eigenvalue weighted by atomic mass is 9.80. The van der Waals surface area contributed by atoms with E-state index in [1.165, 1.54) is 12.1 Å². The Bertz CT molecular complexity index is 599. The fourth-order valence-electron chi connectivity index (χ4n) is 1.71. The summed E-state index contributed by atoms with van der Waals surface area (Å²) in [5, 5.41) is 23.3. The van der Waals surface area contributed by atoms with Gasteiger partial charge in [-0.25, -0.2) is 4.79 Å². The summed E-state index contributed by atoms with van der Waals surface area (Å²) < 4.78 is 5.03. The van der Waals surface area contributed by atoms with E-state index in [-0.39, 0.29) is 0 Å². The highest BCUT2D eigenvalue weighted by molar-refractivity contribution is 6.58. The number of benzene rings is 2. The van der Waals surface area contributed by atoms with Crippen LogP contribution in [0.15, 0.2) is 48.5 Å². The van der Waals surface area contributed by atoms with Crippen LogP contribution in [-0.4, -0.2) is 30.3 Å². The number of hydrogen-bond donors (Lipinski definition) is 4. The molecule has 0 radical (unpaired) electrons. The molecule has 0 aliphatic carbocycles. The lowest BCUT2D eigenvalue weighted by molar-refractivity contribution is 0.262. The molecule has 0 spiro atoms. The number of urea groups is 1. The minimum absolute atomic E-state index is 0.358. The molecule has 0 fully saturated rings. The normalized spacial score (nSPS) is 9.86. The smallest absolute Gasteiger partial charge is 0.488 e. The van der Waals surface area contributed by atoms with Gasteiger partial charge in [-0.05, 0) is 41.9 Å². The maximum absolute atomic E-state index is 11.8. The van der Waals surface area contributed by atoms with Crippen LogP contribution in [0.4, 0.5) is 16.2 Å². The second kappa shape index (κ2) is 6.78. The summed E-state index contributed by atoms with van der Waals surface area (Å²) in [7, 11) is 0.0504. The van der Waals surface area contributed by atoms with E-state index in [1.807, 2.05) is 0 Å². The number of hydrogen-bond acceptors (Lipinski definition) is 4. The van der Waals surface area contributed by atoms with Crippen LogP contribution in [0.2, 0.25) is 0 Å². The molecule has 7 heteroatoms. The largest absolute Gasteiger partial charge is 0.497 e. The van der Waals surface area contributed by atoms with Crippen molar-refractivity contribution >= 4 is 30.0 Å². The van der Waals surface area contributed by atoms with Crippen molar-refractivity contribution in [1.82, 2.24) is 0 Å². The molecule has 21 heavy (non-hydrogen) atoms. The molecule has 0 heterocycles. The highest BCUT2D eigenvalue weighted by Gasteiger charge is 2.10. The molecule has 2 aromatic carbocycles. The van der Waals surface area contributed by atoms with Crippen LogP contribution < -0.4 is 20.8 Å². The maximum Gasteiger partial charge on any atom is 0.488 e. The van der Waals surface area contributed by atoms with Crippen LogP contribution in [0, 0.1) is 0 Å². The molecule has 0 aliphatic rings. The zero-order valence-corrected chi connectivity index (χ0v) is 11.4. The number of anilines is 2. The van der Waals surface area contributed by atoms with Gasteiger partial charge in [0.25, 0.3) is 0 Å². The molecule has 108 valence electrons. The number of nitrogens with one attached hydrogen (secondary N) is 2. The van der Waals surface area contributed by atoms with Gasteiger partial charge < -0.3 is 25.4 Å². The summed E-state index contributed by atoms with van der Waals surface area (Å²) in [5.41, 5.74) is 1.54. The molecule has 0 aliphatic heterocycles. The Kier molecular flexibility index (Phi) is 4.81. The van der Waals surface area contributed by atoms with Crippen LogP contribution in [0.3, 0.4) is 0 Å². The number of rotatable bonds is 4. The van der Waals surface area contributed by atoms with Gasteiger partial charge in [0.1, 0.15) is 5.75 Å². The molecule has 0 atom stereocenters. The monoisotopic (exact) mass is 286 g/mol. The predicted molar refractivity (Wildman–Crippen MR) is 81.9 cm³/mol. The Morgan fingerprint density at radius 1 is 0.952 bits per heavy atom. The van der Waals surface area contributed by atoms with Gasteiger partial charge in [-0.1, -0.05) is 12.1 Å². The summed E-state index contributed by atoms with van der Waals surface area (Å²) >= 11 is 0. The van der Waals surface area contributed by atoms with Crippen LogP contribution in [0.5, 0.6) is 5.75 Å². The van der Waals surface area contributed by atoms with E-state index in [1.54, 1.807) is 43.5 Å². The minimum atomic E-state index is -1.52. The van der Waals surface area contributed by atoms with Gasteiger partial charge in [0.05, 0.1) is 7.11 Å². The van der Waals surface area contributed by atoms with E-state index < -0.39 is 13.1 Å². The average molecular weight is 286 g/mol. The van der Waals surface area contributed by atoms with E-state index in [2.05, 4.69) is 10.6 Å². The highest BCUT2D eigenvalue weighted by atomic mass is 16.5. The fraction of sp³-hybridized carbons (Fsp3) is 0.0714. The van der Waals surface area contributed by atoms with Gasteiger partial charge in [-0.2, -0.15) is 0 Å². The van der Waals surface area contributed by atoms with Gasteiger partial charge in [0.15, 0.2) is 0 Å². The molecular weight excluding hydrogens is 271 g/mol. The van der Waals surface area contributed by atoms with Crippen LogP contribution in [0.25, 0.3) is 0 Å². The molecule has 0 saturated heterocycles. The molecule has 0 bridgehead atoms. The van der Waals surface area contributed by atoms with E-state index in [4.69, 9.17) is 14.8 Å². The van der Waals surface area contributed by atoms with Gasteiger partial charge in [0.2, 0.25) is 0 Å². The molecule has 0 saturated carbocycles. The number of ether oxygens (including phenoxy) is 1. The molecule has 2 amide bonds. The summed E-state index contributed by atoms with van der Waals surface area (Å²) in [4.78, 5) is 11.8. The van der Waals surface area contributed by atoms with Crippen molar-refractivity contribution in [3.8, 4) is 5.75 Å². The van der Waals surface area contributed by atoms with E-state index in [0.717, 1.165) is 0 Å². The Labute approximate surface area is 122 Å². The van der Waals surface area contributed by atoms with E-state index in [9.17, 15) is 4.79 Å². The number of amides is 2. The zero-order chi connectivity index (χ0) is 15.2. The van der Waals surface area contributed by atoms with Crippen molar-refractivity contribution in [3.05, 3.63) is 48.5 Å². The number of carbonyl (C=O) groups is 1. The van der Waals surface area contributed by atoms with Crippen molar-refractivity contribution < 1.29 is 19.6 Å². The van der Waals surface area contributed by atoms with Crippen LogP contribution in [-0.2, 0) is 0 Å². The first kappa shape index (κ1) is 14.9. The molecule has 2 aromatic rings. The minimum Gasteiger partial charge on any atom is -0.497 e. The first-order valence-electron chi connectivity index (χ1n) is 6.26. The third-order valence-corrected chi connectivity index (χ3v) is 2.81. The van der Waals surface area contributed by atoms with Crippen LogP contribution in [0.1, 0.15) is 0 Å². The maximum atomic E-state index is 11.8. The lowest BCUT2D eigenvalue weighted by Crippen LogP contribution is -2.29. The number of carbonyl (C=O) groups excluding carboxylic acids is 1. The standard InChI is InChI=1S/C14H15BN2O4/c1-21-13-8-6-12(7-9-13)17-14(18)16-11-4-2-10(3-5-11)15(19)20/h2-9,19-20H,1H3,(H2,16,17,18). The Hall–Kier alpha value is -2.51. The Morgan fingerprint density at radius 2 is 1.43 bits per heavy atom. The summed E-state index contributed by atoms with van der Waals surface area (Å²) in [6.45, 7) is 0. The first-order valence-corrected chi connectivity index (χ1v) is 6.26. The van der Waals surface area contributed by atoms with Gasteiger partial charge in [-0.3, -0.25) is 0 Å². The Morgan fingerprint density at radius 3 is 1.86 bits per heavy atom. The average Bonchev–Trinajstić information content (AvgIpc) is 2.48. The molecular formula is C14H15BN2O4. The van der Waals surface area contributed by atoms with Crippen molar-refractivity contribution in [3.63, 3.8) is 0 Å². The van der Waals surface area contributed by atoms with Gasteiger partial charge >= 0.3 is 13.1 Å². The van der Waals surface area contributed by atoms with Crippen molar-refractivity contribution in [2.24, 2.45) is 0 Å². The SMILES string of the molecule is COc1ccc(NC(=O)Nc2ccc(B(O)O)cc2)cc1. The summed E-state index contributed by atoms with van der Waals surface area (Å²) in [6.07, 6.45) is 0. The first-order chi connectivity index (χ1) is 10.1. The summed E-state index contributed by atoms with van der Waals surface area (Å²) in [5.74, 6) is 0.708. The van der Waals surface area contributed by atoms with Gasteiger partial charge in [-0.15, -0.1) is 0 Å². The number of methoxy groups -OCH3 is 1. The lowest BCUT2D eigenvalue weighted by Gasteiger charge is -2.09. The second-order valence-electron chi connectivity index (χ2n) is 4.30. The Balaban J connectivity index is 1.94. The molecule has 0 aromatic heterocycles. The molecule has 2 rings (SSSR count). The third-order valence-electron chi connectivity index (χ3n) is 2.81. The molecule has 0 unspecified atom stereocenters. The van der Waals surface area contributed by atoms with Crippen molar-refractivity contribution in [2.45, 2.75) is 0 Å². The zero-order valence-electron chi connectivity index (χ0n) is 11.4. The third kappa shape index (κ3) is 4.23. The predicted octanol–water partition coefficient (Wildman–Crippen LogP) is 1.02. The second-order valence-corrected chi connectivity index (χ2v) is 4.30. The van der Waals surface area contributed by atoms with Crippen molar-refractivity contribution in [1.29, 1.82) is 0 Å². The van der Waals surface area contributed by atoms with Crippen LogP contribution >= 0.6 is 0 Å². The quantitative estimate of drug-likeness (QED) is 0.632. The highest BCUT2D eigenvalue weighted by Crippen LogP contribution is 2.15. The van der Waals surface area contributed by atoms with Gasteiger partial charge in [0, 0.05) is 11.4 Å². The van der Waals surface area contributed by atoms with E-state index >= 15 is 0 Å². The van der Waals surface area contributed by atoms with Crippen molar-refractivity contribution in [2.75, 3.05) is 17.7 Å². The van der Waals surface area contributed by atoms with E-state index in [0.29, 0.717) is 22.6 Å². The molecule has 6 nitrogen and oxygen atoms in total. The summed E-state index contributed by atoms with van der Waals surface area (Å²) in [6, 6.07) is 12.8. The fourth-order valence-corrected chi connectivity index (χ4v) is 1.71. The topological polar surface area (TPSA) is 90.8 Å². The molecule has 4 N–H and O–H groups in total.